The minimum absolute atomic E-state index is 0.148. The van der Waals surface area contributed by atoms with Crippen molar-refractivity contribution in [3.63, 3.8) is 0 Å². The van der Waals surface area contributed by atoms with Gasteiger partial charge in [0.1, 0.15) is 11.5 Å². The van der Waals surface area contributed by atoms with Gasteiger partial charge in [-0.1, -0.05) is 97.2 Å². The molecule has 9 rings (SSSR count). The second kappa shape index (κ2) is 21.7. The number of benzene rings is 4. The van der Waals surface area contributed by atoms with Gasteiger partial charge in [0.05, 0.1) is 23.3 Å². The fourth-order valence-corrected chi connectivity index (χ4v) is 11.1. The van der Waals surface area contributed by atoms with Gasteiger partial charge < -0.3 is 25.0 Å². The number of ether oxygens (including phenoxy) is 1. The number of amides is 1. The van der Waals surface area contributed by atoms with E-state index in [4.69, 9.17) is 10.1 Å². The molecule has 67 heavy (non-hydrogen) atoms. The third-order valence-corrected chi connectivity index (χ3v) is 14.6. The predicted octanol–water partition coefficient (Wildman–Crippen LogP) is 11.6. The molecule has 0 saturated carbocycles. The molecular weight excluding hydrogens is 870 g/mol. The van der Waals surface area contributed by atoms with Crippen molar-refractivity contribution in [2.24, 2.45) is 11.8 Å². The molecule has 3 aliphatic rings. The number of aryl methyl sites for hydroxylation is 2. The molecule has 0 radical (unpaired) electrons. The Morgan fingerprint density at radius 3 is 2.40 bits per heavy atom. The Labute approximate surface area is 395 Å². The van der Waals surface area contributed by atoms with Crippen LogP contribution in [0.2, 0.25) is 0 Å². The van der Waals surface area contributed by atoms with Gasteiger partial charge in [-0.05, 0) is 148 Å². The molecule has 2 saturated heterocycles. The second-order valence-corrected chi connectivity index (χ2v) is 19.0. The molecule has 0 bridgehead atoms. The highest BCUT2D eigenvalue weighted by molar-refractivity contribution is 7.99. The molecule has 6 aromatic rings. The van der Waals surface area contributed by atoms with Crippen molar-refractivity contribution in [2.45, 2.75) is 81.6 Å². The van der Waals surface area contributed by atoms with Crippen molar-refractivity contribution in [2.75, 3.05) is 37.6 Å². The number of thioether (sulfide) groups is 1. The summed E-state index contributed by atoms with van der Waals surface area (Å²) in [6, 6.07) is 31.6. The second-order valence-electron chi connectivity index (χ2n) is 17.7. The number of allylic oxidation sites excluding steroid dienone is 5. The van der Waals surface area contributed by atoms with E-state index in [1.54, 1.807) is 19.1 Å². The largest absolute Gasteiger partial charge is 0.573 e. The molecule has 2 atom stereocenters. The topological polar surface area (TPSA) is 95.2 Å². The zero-order valence-electron chi connectivity index (χ0n) is 38.2. The Bertz CT molecular complexity index is 2700. The lowest BCUT2D eigenvalue weighted by atomic mass is 9.69. The number of phenolic OH excluding ortho intramolecular Hbond substituents is 1. The highest BCUT2D eigenvalue weighted by Crippen LogP contribution is 2.46. The van der Waals surface area contributed by atoms with Crippen LogP contribution in [0.15, 0.2) is 139 Å². The number of rotatable bonds is 13. The van der Waals surface area contributed by atoms with Gasteiger partial charge in [-0.3, -0.25) is 4.79 Å². The summed E-state index contributed by atoms with van der Waals surface area (Å²) in [6.07, 6.45) is 11.2. The fraction of sp³-hybridized carbons (Fsp3) is 0.352. The molecule has 1 aliphatic carbocycles. The average Bonchev–Trinajstić information content (AvgIpc) is 3.77. The van der Waals surface area contributed by atoms with Gasteiger partial charge in [-0.15, -0.1) is 13.2 Å². The molecule has 13 heteroatoms. The summed E-state index contributed by atoms with van der Waals surface area (Å²) in [7, 11) is 0. The van der Waals surface area contributed by atoms with Crippen LogP contribution >= 0.6 is 11.8 Å². The monoisotopic (exact) mass is 928 g/mol. The molecule has 350 valence electrons. The number of likely N-dealkylation sites (tertiary alicyclic amines) is 1. The van der Waals surface area contributed by atoms with Gasteiger partial charge >= 0.3 is 6.36 Å². The quantitative estimate of drug-likeness (QED) is 0.0672. The van der Waals surface area contributed by atoms with Crippen molar-refractivity contribution in [1.29, 1.82) is 0 Å². The van der Waals surface area contributed by atoms with Crippen molar-refractivity contribution in [3.05, 3.63) is 161 Å². The third-order valence-electron chi connectivity index (χ3n) is 13.4. The first-order valence-corrected chi connectivity index (χ1v) is 24.1. The van der Waals surface area contributed by atoms with E-state index < -0.39 is 6.36 Å². The van der Waals surface area contributed by atoms with E-state index in [0.717, 1.165) is 91.5 Å². The van der Waals surface area contributed by atoms with Crippen LogP contribution in [-0.4, -0.2) is 75.4 Å². The van der Waals surface area contributed by atoms with Crippen LogP contribution in [0.1, 0.15) is 72.9 Å². The molecule has 2 aliphatic heterocycles. The van der Waals surface area contributed by atoms with Crippen LogP contribution in [0.5, 0.6) is 11.5 Å². The highest BCUT2D eigenvalue weighted by atomic mass is 32.2. The molecule has 2 unspecified atom stereocenters. The van der Waals surface area contributed by atoms with Gasteiger partial charge in [-0.2, -0.15) is 5.10 Å². The summed E-state index contributed by atoms with van der Waals surface area (Å²) in [5.74, 6) is 1.54. The lowest BCUT2D eigenvalue weighted by molar-refractivity contribution is -0.274. The first-order chi connectivity index (χ1) is 32.5. The Hall–Kier alpha value is -6.05. The van der Waals surface area contributed by atoms with Crippen LogP contribution < -0.4 is 15.0 Å². The zero-order chi connectivity index (χ0) is 46.9. The minimum Gasteiger partial charge on any atom is -0.508 e. The van der Waals surface area contributed by atoms with Gasteiger partial charge in [0, 0.05) is 41.9 Å². The minimum atomic E-state index is -4.61. The lowest BCUT2D eigenvalue weighted by Gasteiger charge is -2.38. The van der Waals surface area contributed by atoms with Gasteiger partial charge in [0.2, 0.25) is 6.41 Å². The van der Waals surface area contributed by atoms with Gasteiger partial charge in [0.15, 0.2) is 5.16 Å². The number of phenols is 1. The Morgan fingerprint density at radius 1 is 0.940 bits per heavy atom. The van der Waals surface area contributed by atoms with Crippen LogP contribution in [0.3, 0.4) is 0 Å². The summed E-state index contributed by atoms with van der Waals surface area (Å²) in [5, 5.41) is 20.3. The van der Waals surface area contributed by atoms with E-state index >= 15 is 0 Å². The highest BCUT2D eigenvalue weighted by Gasteiger charge is 2.34. The van der Waals surface area contributed by atoms with Gasteiger partial charge in [0.25, 0.3) is 0 Å². The van der Waals surface area contributed by atoms with E-state index in [9.17, 15) is 23.1 Å². The summed E-state index contributed by atoms with van der Waals surface area (Å²) >= 11 is 1.85. The van der Waals surface area contributed by atoms with E-state index in [1.165, 1.54) is 59.5 Å². The molecule has 1 amide bonds. The standard InChI is InChI=1S/C46H52N6O2S.C8H7F3O/c1-3-5-8-33(4-2)40-17-13-35-27-38(54)16-18-41(35)45(40)34-11-14-37(15-12-34)51-25-19-32(20-26-51)30-50-23-21-39(22-24-50)55-46-48-43-10-7-6-9-42(43)44-28-36(29-47-31-53)49-52(44)46;1-6-4-2-3-5-7(6)12-8(9,10)11/h3-12,14-16,18,27-28,31-32,39-40,45,54H,1,13,17,19-26,29-30H2,2H3,(H,47,53);2-5H,1H3/b8-5-,33-4+;. The SMILES string of the molecule is C=C/C=C\C(=C/C)C1CCc2cc(O)ccc2C1c1ccc(N2CCC(CN3CCC(Sc4nc5ccccc5c5cc(CNC=O)nn45)CC3)CC2)cc1.Cc1ccccc1OC(F)(F)F. The number of hydrogen-bond donors (Lipinski definition) is 2. The number of nitrogens with one attached hydrogen (secondary N) is 1. The molecule has 9 nitrogen and oxygen atoms in total. The van der Waals surface area contributed by atoms with Crippen LogP contribution in [0.4, 0.5) is 18.9 Å². The number of carbonyl (C=O) groups excluding carboxylic acids is 1. The number of nitrogens with zero attached hydrogens (tertiary/aromatic N) is 5. The molecular formula is C54H59F3N6O3S. The number of carbonyl (C=O) groups is 1. The van der Waals surface area contributed by atoms with E-state index in [1.807, 2.05) is 52.7 Å². The Morgan fingerprint density at radius 2 is 1.69 bits per heavy atom. The molecule has 2 N–H and O–H groups in total. The first kappa shape index (κ1) is 47.4. The number of alkyl halides is 3. The maximum Gasteiger partial charge on any atom is 0.573 e. The van der Waals surface area contributed by atoms with Crippen LogP contribution in [0, 0.1) is 18.8 Å². The number of fused-ring (bicyclic) bond motifs is 4. The molecule has 4 aromatic carbocycles. The Balaban J connectivity index is 0.000000443. The summed E-state index contributed by atoms with van der Waals surface area (Å²) in [5.41, 5.74) is 9.91. The predicted molar refractivity (Wildman–Crippen MR) is 263 cm³/mol. The van der Waals surface area contributed by atoms with Crippen molar-refractivity contribution in [3.8, 4) is 11.5 Å². The van der Waals surface area contributed by atoms with Gasteiger partial charge in [-0.25, -0.2) is 9.50 Å². The summed E-state index contributed by atoms with van der Waals surface area (Å²) in [6.45, 7) is 13.6. The number of hydrogen-bond acceptors (Lipinski definition) is 8. The lowest BCUT2D eigenvalue weighted by Crippen LogP contribution is -2.42. The smallest absolute Gasteiger partial charge is 0.508 e. The number of para-hydroxylation sites is 2. The van der Waals surface area contributed by atoms with Crippen molar-refractivity contribution >= 4 is 40.3 Å². The van der Waals surface area contributed by atoms with Crippen molar-refractivity contribution < 1.29 is 27.8 Å². The first-order valence-electron chi connectivity index (χ1n) is 23.3. The number of halogens is 3. The number of aromatic hydroxyl groups is 1. The number of aromatic nitrogens is 3. The summed E-state index contributed by atoms with van der Waals surface area (Å²) in [4.78, 5) is 21.2. The number of anilines is 1. The summed E-state index contributed by atoms with van der Waals surface area (Å²) < 4.78 is 40.8. The number of piperidine rings is 2. The van der Waals surface area contributed by atoms with Crippen LogP contribution in [0.25, 0.3) is 16.4 Å². The van der Waals surface area contributed by atoms with E-state index in [2.05, 4.69) is 94.0 Å². The van der Waals surface area contributed by atoms with Crippen LogP contribution in [-0.2, 0) is 17.8 Å². The fourth-order valence-electron chi connectivity index (χ4n) is 9.99. The Kier molecular flexibility index (Phi) is 15.4. The zero-order valence-corrected chi connectivity index (χ0v) is 39.0. The van der Waals surface area contributed by atoms with Crippen molar-refractivity contribution in [1.82, 2.24) is 24.8 Å². The third kappa shape index (κ3) is 11.7. The average molecular weight is 929 g/mol. The normalized spacial score (nSPS) is 18.7. The maximum atomic E-state index is 11.7. The maximum absolute atomic E-state index is 11.7. The van der Waals surface area contributed by atoms with E-state index in [0.29, 0.717) is 29.0 Å². The molecule has 2 aromatic heterocycles. The molecule has 0 spiro atoms. The molecule has 2 fully saturated rings. The molecule has 4 heterocycles. The van der Waals surface area contributed by atoms with E-state index in [-0.39, 0.29) is 11.7 Å².